The van der Waals surface area contributed by atoms with Crippen molar-refractivity contribution in [2.24, 2.45) is 0 Å². The first-order valence-electron chi connectivity index (χ1n) is 6.30. The fraction of sp³-hybridized carbons (Fsp3) is 0.267. The molecular formula is C15H13FN2O. The van der Waals surface area contributed by atoms with Gasteiger partial charge in [-0.15, -0.1) is 0 Å². The first-order chi connectivity index (χ1) is 9.28. The van der Waals surface area contributed by atoms with Gasteiger partial charge in [-0.1, -0.05) is 0 Å². The summed E-state index contributed by atoms with van der Waals surface area (Å²) in [6.45, 7) is 0. The zero-order chi connectivity index (χ0) is 13.2. The van der Waals surface area contributed by atoms with Gasteiger partial charge in [-0.25, -0.2) is 4.39 Å². The largest absolute Gasteiger partial charge is 0.469 e. The summed E-state index contributed by atoms with van der Waals surface area (Å²) in [4.78, 5) is 0. The van der Waals surface area contributed by atoms with Crippen LogP contribution in [0.15, 0.2) is 34.9 Å². The molecule has 1 aliphatic carbocycles. The van der Waals surface area contributed by atoms with Crippen molar-refractivity contribution in [1.82, 2.24) is 0 Å². The minimum absolute atomic E-state index is 0.125. The summed E-state index contributed by atoms with van der Waals surface area (Å²) in [5.74, 6) is 0.610. The lowest BCUT2D eigenvalue weighted by Crippen LogP contribution is -2.16. The van der Waals surface area contributed by atoms with Gasteiger partial charge in [0.05, 0.1) is 23.6 Å². The third kappa shape index (κ3) is 2.19. The number of halogens is 1. The lowest BCUT2D eigenvalue weighted by Gasteiger charge is -2.24. The van der Waals surface area contributed by atoms with E-state index in [0.29, 0.717) is 11.3 Å². The predicted octanol–water partition coefficient (Wildman–Crippen LogP) is 3.78. The third-order valence-electron chi connectivity index (χ3n) is 3.48. The molecule has 2 aromatic rings. The molecule has 3 nitrogen and oxygen atoms in total. The molecule has 3 rings (SSSR count). The van der Waals surface area contributed by atoms with Crippen LogP contribution in [0.2, 0.25) is 0 Å². The molecule has 0 aliphatic heterocycles. The Bertz CT molecular complexity index is 642. The van der Waals surface area contributed by atoms with Crippen molar-refractivity contribution < 1.29 is 8.81 Å². The Morgan fingerprint density at radius 2 is 2.26 bits per heavy atom. The molecule has 0 radical (unpaired) electrons. The van der Waals surface area contributed by atoms with E-state index < -0.39 is 5.82 Å². The van der Waals surface area contributed by atoms with Crippen molar-refractivity contribution in [3.05, 3.63) is 53.2 Å². The second-order valence-corrected chi connectivity index (χ2v) is 4.69. The van der Waals surface area contributed by atoms with Crippen molar-refractivity contribution in [2.45, 2.75) is 25.3 Å². The smallest absolute Gasteiger partial charge is 0.124 e. The number of hydrogen-bond donors (Lipinski definition) is 1. The second-order valence-electron chi connectivity index (χ2n) is 4.69. The molecule has 0 bridgehead atoms. The highest BCUT2D eigenvalue weighted by atomic mass is 19.1. The molecule has 0 amide bonds. The zero-order valence-corrected chi connectivity index (χ0v) is 10.3. The molecule has 1 aromatic carbocycles. The topological polar surface area (TPSA) is 49.0 Å². The number of nitrogens with one attached hydrogen (secondary N) is 1. The number of nitrogens with zero attached hydrogens (tertiary/aromatic N) is 1. The van der Waals surface area contributed by atoms with E-state index in [9.17, 15) is 4.39 Å². The fourth-order valence-electron chi connectivity index (χ4n) is 2.56. The van der Waals surface area contributed by atoms with E-state index in [0.717, 1.165) is 30.6 Å². The van der Waals surface area contributed by atoms with E-state index >= 15 is 0 Å². The average molecular weight is 256 g/mol. The van der Waals surface area contributed by atoms with E-state index in [1.165, 1.54) is 12.1 Å². The Balaban J connectivity index is 1.90. The van der Waals surface area contributed by atoms with Gasteiger partial charge < -0.3 is 9.73 Å². The molecule has 1 N–H and O–H groups in total. The highest BCUT2D eigenvalue weighted by Crippen LogP contribution is 2.33. The van der Waals surface area contributed by atoms with Crippen LogP contribution in [0.5, 0.6) is 0 Å². The highest BCUT2D eigenvalue weighted by molar-refractivity contribution is 5.58. The summed E-state index contributed by atoms with van der Waals surface area (Å²) in [5.41, 5.74) is 2.14. The number of rotatable bonds is 2. The molecule has 0 fully saturated rings. The van der Waals surface area contributed by atoms with Gasteiger partial charge in [-0.2, -0.15) is 5.26 Å². The van der Waals surface area contributed by atoms with E-state index in [2.05, 4.69) is 5.32 Å². The minimum Gasteiger partial charge on any atom is -0.469 e. The average Bonchev–Trinajstić information content (AvgIpc) is 2.90. The van der Waals surface area contributed by atoms with E-state index in [1.807, 2.05) is 12.1 Å². The third-order valence-corrected chi connectivity index (χ3v) is 3.48. The molecule has 4 heteroatoms. The number of benzene rings is 1. The van der Waals surface area contributed by atoms with Crippen molar-refractivity contribution in [2.75, 3.05) is 5.32 Å². The van der Waals surface area contributed by atoms with Crippen LogP contribution >= 0.6 is 0 Å². The number of nitriles is 1. The van der Waals surface area contributed by atoms with E-state index in [4.69, 9.17) is 9.68 Å². The molecule has 1 aromatic heterocycles. The molecule has 1 aliphatic rings. The second kappa shape index (κ2) is 4.77. The van der Waals surface area contributed by atoms with Crippen molar-refractivity contribution in [3.63, 3.8) is 0 Å². The van der Waals surface area contributed by atoms with Crippen LogP contribution in [0, 0.1) is 17.1 Å². The number of fused-ring (bicyclic) bond motifs is 1. The van der Waals surface area contributed by atoms with Crippen LogP contribution in [0.1, 0.15) is 35.8 Å². The summed E-state index contributed by atoms with van der Waals surface area (Å²) in [7, 11) is 0. The molecule has 96 valence electrons. The lowest BCUT2D eigenvalue weighted by atomic mass is 9.93. The maximum atomic E-state index is 13.1. The maximum Gasteiger partial charge on any atom is 0.124 e. The molecule has 0 saturated carbocycles. The van der Waals surface area contributed by atoms with Gasteiger partial charge in [0.1, 0.15) is 17.6 Å². The standard InChI is InChI=1S/C15H13FN2O/c16-11-4-5-13(10(8-11)9-17)18-14-2-1-3-15-12(14)6-7-19-15/h4-8,14,18H,1-3H2. The van der Waals surface area contributed by atoms with Crippen LogP contribution in [0.4, 0.5) is 10.1 Å². The van der Waals surface area contributed by atoms with Crippen LogP contribution in [0.25, 0.3) is 0 Å². The molecule has 0 spiro atoms. The Morgan fingerprint density at radius 1 is 1.37 bits per heavy atom. The summed E-state index contributed by atoms with van der Waals surface area (Å²) in [5, 5.41) is 12.4. The molecule has 1 atom stereocenters. The van der Waals surface area contributed by atoms with Gasteiger partial charge in [-0.3, -0.25) is 0 Å². The van der Waals surface area contributed by atoms with Gasteiger partial charge in [0.15, 0.2) is 0 Å². The Morgan fingerprint density at radius 3 is 3.11 bits per heavy atom. The predicted molar refractivity (Wildman–Crippen MR) is 69.1 cm³/mol. The monoisotopic (exact) mass is 256 g/mol. The van der Waals surface area contributed by atoms with Crippen molar-refractivity contribution in [1.29, 1.82) is 5.26 Å². The van der Waals surface area contributed by atoms with Gasteiger partial charge >= 0.3 is 0 Å². The van der Waals surface area contributed by atoms with Crippen LogP contribution in [-0.4, -0.2) is 0 Å². The zero-order valence-electron chi connectivity index (χ0n) is 10.3. The number of hydrogen-bond acceptors (Lipinski definition) is 3. The van der Waals surface area contributed by atoms with Gasteiger partial charge in [0, 0.05) is 12.0 Å². The molecule has 1 heterocycles. The Kier molecular flexibility index (Phi) is 2.96. The quantitative estimate of drug-likeness (QED) is 0.889. The van der Waals surface area contributed by atoms with Crippen LogP contribution in [0.3, 0.4) is 0 Å². The molecule has 19 heavy (non-hydrogen) atoms. The van der Waals surface area contributed by atoms with Crippen LogP contribution < -0.4 is 5.32 Å². The van der Waals surface area contributed by atoms with E-state index in [1.54, 1.807) is 12.3 Å². The number of furan rings is 1. The molecular weight excluding hydrogens is 243 g/mol. The van der Waals surface area contributed by atoms with Gasteiger partial charge in [0.25, 0.3) is 0 Å². The van der Waals surface area contributed by atoms with Gasteiger partial charge in [0.2, 0.25) is 0 Å². The number of aryl methyl sites for hydroxylation is 1. The lowest BCUT2D eigenvalue weighted by molar-refractivity contribution is 0.461. The number of anilines is 1. The van der Waals surface area contributed by atoms with Crippen molar-refractivity contribution in [3.8, 4) is 6.07 Å². The SMILES string of the molecule is N#Cc1cc(F)ccc1NC1CCCc2occc21. The first-order valence-corrected chi connectivity index (χ1v) is 6.30. The Hall–Kier alpha value is -2.28. The molecule has 1 unspecified atom stereocenters. The maximum absolute atomic E-state index is 13.1. The first kappa shape index (κ1) is 11.8. The summed E-state index contributed by atoms with van der Waals surface area (Å²) in [6.07, 6.45) is 4.67. The minimum atomic E-state index is -0.394. The summed E-state index contributed by atoms with van der Waals surface area (Å²) in [6, 6.07) is 8.33. The summed E-state index contributed by atoms with van der Waals surface area (Å²) < 4.78 is 18.5. The van der Waals surface area contributed by atoms with E-state index in [-0.39, 0.29) is 6.04 Å². The molecule has 0 saturated heterocycles. The van der Waals surface area contributed by atoms with Crippen LogP contribution in [-0.2, 0) is 6.42 Å². The fourth-order valence-corrected chi connectivity index (χ4v) is 2.56. The van der Waals surface area contributed by atoms with Gasteiger partial charge in [-0.05, 0) is 37.1 Å². The van der Waals surface area contributed by atoms with Crippen molar-refractivity contribution >= 4 is 5.69 Å². The summed E-state index contributed by atoms with van der Waals surface area (Å²) >= 11 is 0. The normalized spacial score (nSPS) is 17.6. The Labute approximate surface area is 110 Å². The highest BCUT2D eigenvalue weighted by Gasteiger charge is 2.23.